The molecule has 0 aliphatic carbocycles. The Kier molecular flexibility index (Phi) is 7.21. The van der Waals surface area contributed by atoms with Crippen molar-refractivity contribution in [2.45, 2.75) is 59.1 Å². The number of nitrogens with one attached hydrogen (secondary N) is 2. The van der Waals surface area contributed by atoms with E-state index in [1.807, 2.05) is 27.7 Å². The molecule has 8 nitrogen and oxygen atoms in total. The fourth-order valence-corrected chi connectivity index (χ4v) is 2.85. The Morgan fingerprint density at radius 1 is 1.33 bits per heavy atom. The van der Waals surface area contributed by atoms with Gasteiger partial charge in [0.05, 0.1) is 12.2 Å². The van der Waals surface area contributed by atoms with E-state index in [-0.39, 0.29) is 11.3 Å². The van der Waals surface area contributed by atoms with Gasteiger partial charge in [-0.15, -0.1) is 0 Å². The lowest BCUT2D eigenvalue weighted by Crippen LogP contribution is -2.56. The molecule has 136 valence electrons. The van der Waals surface area contributed by atoms with Gasteiger partial charge in [-0.25, -0.2) is 10.2 Å². The Balaban J connectivity index is 3.03. The van der Waals surface area contributed by atoms with E-state index in [1.54, 1.807) is 6.07 Å². The number of hydrogen-bond acceptors (Lipinski definition) is 4. The monoisotopic (exact) mass is 340 g/mol. The van der Waals surface area contributed by atoms with E-state index in [9.17, 15) is 14.7 Å². The van der Waals surface area contributed by atoms with Gasteiger partial charge in [-0.2, -0.15) is 9.89 Å². The van der Waals surface area contributed by atoms with Crippen molar-refractivity contribution >= 4 is 12.0 Å². The molecule has 1 heterocycles. The van der Waals surface area contributed by atoms with Crippen molar-refractivity contribution in [1.82, 2.24) is 15.2 Å². The number of hydrogen-bond donors (Lipinski definition) is 4. The number of amides is 2. The molecule has 0 spiro atoms. The van der Waals surface area contributed by atoms with Crippen molar-refractivity contribution in [2.24, 2.45) is 11.3 Å². The highest BCUT2D eigenvalue weighted by molar-refractivity contribution is 5.88. The lowest BCUT2D eigenvalue weighted by atomic mass is 9.69. The zero-order chi connectivity index (χ0) is 18.3. The van der Waals surface area contributed by atoms with Crippen LogP contribution in [0.25, 0.3) is 0 Å². The van der Waals surface area contributed by atoms with E-state index in [4.69, 9.17) is 5.11 Å². The molecule has 0 aliphatic heterocycles. The van der Waals surface area contributed by atoms with Gasteiger partial charge in [0.2, 0.25) is 0 Å². The largest absolute Gasteiger partial charge is 0.465 e. The molecule has 3 atom stereocenters. The van der Waals surface area contributed by atoms with Crippen LogP contribution in [0, 0.1) is 11.3 Å². The smallest absolute Gasteiger partial charge is 0.404 e. The van der Waals surface area contributed by atoms with Crippen molar-refractivity contribution in [3.8, 4) is 0 Å². The summed E-state index contributed by atoms with van der Waals surface area (Å²) in [5.41, 5.74) is 2.19. The predicted octanol–water partition coefficient (Wildman–Crippen LogP) is 1.80. The lowest BCUT2D eigenvalue weighted by Gasteiger charge is -2.40. The highest BCUT2D eigenvalue weighted by Gasteiger charge is 2.41. The summed E-state index contributed by atoms with van der Waals surface area (Å²) in [6, 6.07) is 0.715. The summed E-state index contributed by atoms with van der Waals surface area (Å²) in [4.78, 5) is 24.7. The molecule has 8 heteroatoms. The molecule has 0 aliphatic rings. The van der Waals surface area contributed by atoms with Crippen LogP contribution in [0.3, 0.4) is 0 Å². The molecule has 0 radical (unpaired) electrons. The second-order valence-electron chi connectivity index (χ2n) is 6.58. The Morgan fingerprint density at radius 3 is 2.46 bits per heavy atom. The first-order valence-corrected chi connectivity index (χ1v) is 8.21. The summed E-state index contributed by atoms with van der Waals surface area (Å²) in [5.74, 6) is -0.896. The highest BCUT2D eigenvalue weighted by Crippen LogP contribution is 2.37. The van der Waals surface area contributed by atoms with Gasteiger partial charge < -0.3 is 15.5 Å². The molecule has 0 fully saturated rings. The van der Waals surface area contributed by atoms with Crippen LogP contribution < -0.4 is 10.7 Å². The second kappa shape index (κ2) is 8.68. The van der Waals surface area contributed by atoms with Gasteiger partial charge in [0.1, 0.15) is 0 Å². The average Bonchev–Trinajstić information content (AvgIpc) is 3.02. The van der Waals surface area contributed by atoms with Crippen LogP contribution >= 0.6 is 0 Å². The third-order valence-corrected chi connectivity index (χ3v) is 4.58. The quantitative estimate of drug-likeness (QED) is 0.547. The lowest BCUT2D eigenvalue weighted by molar-refractivity contribution is -0.128. The van der Waals surface area contributed by atoms with Crippen LogP contribution in [-0.4, -0.2) is 44.2 Å². The van der Waals surface area contributed by atoms with Gasteiger partial charge in [-0.05, 0) is 23.8 Å². The van der Waals surface area contributed by atoms with Crippen molar-refractivity contribution in [1.29, 1.82) is 0 Å². The molecule has 0 saturated heterocycles. The standard InChI is InChI=1S/C16H28N4O4/c1-5-8-11(16(3,4)6-2)12(18-15(23)24)13(21)14(22)19-20-10-7-9-17-20/h7,9-13,18,21H,5-6,8H2,1-4H3,(H,19,22)(H,23,24)/t11?,12-,13-/m0/s1. The zero-order valence-corrected chi connectivity index (χ0v) is 14.7. The second-order valence-corrected chi connectivity index (χ2v) is 6.58. The van der Waals surface area contributed by atoms with Gasteiger partial charge in [0, 0.05) is 6.20 Å². The summed E-state index contributed by atoms with van der Waals surface area (Å²) >= 11 is 0. The molecule has 0 saturated carbocycles. The molecular weight excluding hydrogens is 312 g/mol. The minimum atomic E-state index is -1.52. The molecule has 1 unspecified atom stereocenters. The molecular formula is C16H28N4O4. The Bertz CT molecular complexity index is 530. The first kappa shape index (κ1) is 20.0. The first-order valence-electron chi connectivity index (χ1n) is 8.21. The van der Waals surface area contributed by atoms with Crippen molar-refractivity contribution in [3.63, 3.8) is 0 Å². The molecule has 0 bridgehead atoms. The summed E-state index contributed by atoms with van der Waals surface area (Å²) in [7, 11) is 0. The Labute approximate surface area is 142 Å². The van der Waals surface area contributed by atoms with Gasteiger partial charge in [-0.3, -0.25) is 4.79 Å². The first-order chi connectivity index (χ1) is 11.2. The van der Waals surface area contributed by atoms with E-state index >= 15 is 0 Å². The predicted molar refractivity (Wildman–Crippen MR) is 90.0 cm³/mol. The molecule has 2 amide bonds. The molecule has 0 aromatic carbocycles. The number of aromatic nitrogens is 2. The van der Waals surface area contributed by atoms with Gasteiger partial charge >= 0.3 is 6.09 Å². The van der Waals surface area contributed by atoms with Crippen molar-refractivity contribution in [3.05, 3.63) is 18.5 Å². The SMILES string of the molecule is CCCC([C@H](NC(=O)O)[C@H](O)C(=O)Nn1cccn1)C(C)(C)CC. The number of nitrogens with zero attached hydrogens (tertiary/aromatic N) is 2. The van der Waals surface area contributed by atoms with Gasteiger partial charge in [0.25, 0.3) is 5.91 Å². The Hall–Kier alpha value is -2.09. The third-order valence-electron chi connectivity index (χ3n) is 4.58. The average molecular weight is 340 g/mol. The number of rotatable bonds is 9. The highest BCUT2D eigenvalue weighted by atomic mass is 16.4. The number of aliphatic hydroxyl groups excluding tert-OH is 1. The number of aliphatic hydroxyl groups is 1. The normalized spacial score (nSPS) is 15.4. The zero-order valence-electron chi connectivity index (χ0n) is 14.7. The molecule has 1 aromatic rings. The van der Waals surface area contributed by atoms with Crippen molar-refractivity contribution < 1.29 is 19.8 Å². The topological polar surface area (TPSA) is 116 Å². The third kappa shape index (κ3) is 5.23. The molecule has 4 N–H and O–H groups in total. The summed E-state index contributed by atoms with van der Waals surface area (Å²) < 4.78 is 0. The van der Waals surface area contributed by atoms with E-state index in [0.717, 1.165) is 12.8 Å². The van der Waals surface area contributed by atoms with Crippen LogP contribution in [0.2, 0.25) is 0 Å². The number of carbonyl (C=O) groups excluding carboxylic acids is 1. The number of carbonyl (C=O) groups is 2. The maximum Gasteiger partial charge on any atom is 0.404 e. The minimum Gasteiger partial charge on any atom is -0.465 e. The molecule has 24 heavy (non-hydrogen) atoms. The fraction of sp³-hybridized carbons (Fsp3) is 0.688. The fourth-order valence-electron chi connectivity index (χ4n) is 2.85. The van der Waals surface area contributed by atoms with E-state index in [0.29, 0.717) is 6.42 Å². The van der Waals surface area contributed by atoms with Gasteiger partial charge in [-0.1, -0.05) is 40.5 Å². The van der Waals surface area contributed by atoms with Crippen LogP contribution in [0.15, 0.2) is 18.5 Å². The van der Waals surface area contributed by atoms with Crippen LogP contribution in [-0.2, 0) is 4.79 Å². The van der Waals surface area contributed by atoms with Crippen LogP contribution in [0.5, 0.6) is 0 Å². The van der Waals surface area contributed by atoms with Crippen LogP contribution in [0.1, 0.15) is 47.0 Å². The van der Waals surface area contributed by atoms with Gasteiger partial charge in [0.15, 0.2) is 6.10 Å². The molecule has 1 rings (SSSR count). The van der Waals surface area contributed by atoms with Crippen LogP contribution in [0.4, 0.5) is 4.79 Å². The maximum absolute atomic E-state index is 12.3. The molecule has 1 aromatic heterocycles. The number of carboxylic acid groups (broad SMARTS) is 1. The van der Waals surface area contributed by atoms with Crippen molar-refractivity contribution in [2.75, 3.05) is 5.43 Å². The maximum atomic E-state index is 12.3. The Morgan fingerprint density at radius 2 is 2.00 bits per heavy atom. The summed E-state index contributed by atoms with van der Waals surface area (Å²) in [6.45, 7) is 8.04. The van der Waals surface area contributed by atoms with E-state index < -0.39 is 24.1 Å². The summed E-state index contributed by atoms with van der Waals surface area (Å²) in [6.07, 6.45) is 2.52. The van der Waals surface area contributed by atoms with E-state index in [2.05, 4.69) is 15.8 Å². The van der Waals surface area contributed by atoms with E-state index in [1.165, 1.54) is 17.2 Å². The summed E-state index contributed by atoms with van der Waals surface area (Å²) in [5, 5.41) is 25.8. The minimum absolute atomic E-state index is 0.193.